The van der Waals surface area contributed by atoms with E-state index in [0.717, 1.165) is 5.56 Å². The van der Waals surface area contributed by atoms with Gasteiger partial charge in [0.15, 0.2) is 15.0 Å². The number of hydrogen-bond acceptors (Lipinski definition) is 6. The predicted octanol–water partition coefficient (Wildman–Crippen LogP) is 1.24. The van der Waals surface area contributed by atoms with E-state index in [1.165, 1.54) is 23.5 Å². The third-order valence-corrected chi connectivity index (χ3v) is 5.79. The van der Waals surface area contributed by atoms with E-state index in [4.69, 9.17) is 0 Å². The molecule has 0 unspecified atom stereocenters. The minimum absolute atomic E-state index is 0.0709. The number of carbonyl (C=O) groups is 1. The summed E-state index contributed by atoms with van der Waals surface area (Å²) in [5, 5.41) is 8.16. The number of rotatable bonds is 6. The Morgan fingerprint density at radius 1 is 1.33 bits per heavy atom. The van der Waals surface area contributed by atoms with E-state index >= 15 is 0 Å². The molecule has 0 saturated carbocycles. The van der Waals surface area contributed by atoms with Crippen LogP contribution >= 0.6 is 11.8 Å². The standard InChI is InChI=1S/C15H16N4O3S2/c20-14(9-23-15-16-11-17-18-15)19(8-12-4-2-1-3-5-12)13-6-7-24(21,22)10-13/h1-7,11,13H,8-10H2,(H,16,17,18)/t13-/m1/s1. The molecule has 2 aromatic rings. The van der Waals surface area contributed by atoms with Crippen molar-refractivity contribution in [3.05, 3.63) is 53.7 Å². The van der Waals surface area contributed by atoms with E-state index in [0.29, 0.717) is 11.7 Å². The van der Waals surface area contributed by atoms with E-state index in [2.05, 4.69) is 15.2 Å². The van der Waals surface area contributed by atoms with Crippen LogP contribution in [0.15, 0.2) is 53.3 Å². The molecule has 1 aromatic heterocycles. The van der Waals surface area contributed by atoms with E-state index in [1.807, 2.05) is 30.3 Å². The number of nitrogens with one attached hydrogen (secondary N) is 1. The summed E-state index contributed by atoms with van der Waals surface area (Å²) in [5.41, 5.74) is 0.952. The summed E-state index contributed by atoms with van der Waals surface area (Å²) in [7, 11) is -3.23. The Bertz CT molecular complexity index is 820. The van der Waals surface area contributed by atoms with Gasteiger partial charge in [0, 0.05) is 12.0 Å². The zero-order chi connectivity index (χ0) is 17.0. The molecule has 0 spiro atoms. The van der Waals surface area contributed by atoms with Crippen molar-refractivity contribution >= 4 is 27.5 Å². The molecule has 9 heteroatoms. The highest BCUT2D eigenvalue weighted by Crippen LogP contribution is 2.20. The predicted molar refractivity (Wildman–Crippen MR) is 90.8 cm³/mol. The van der Waals surface area contributed by atoms with Crippen molar-refractivity contribution in [2.24, 2.45) is 0 Å². The lowest BCUT2D eigenvalue weighted by Gasteiger charge is -2.27. The molecule has 7 nitrogen and oxygen atoms in total. The molecule has 1 atom stereocenters. The highest BCUT2D eigenvalue weighted by atomic mass is 32.2. The lowest BCUT2D eigenvalue weighted by molar-refractivity contribution is -0.130. The van der Waals surface area contributed by atoms with Gasteiger partial charge >= 0.3 is 0 Å². The third kappa shape index (κ3) is 4.24. The van der Waals surface area contributed by atoms with Crippen LogP contribution in [0.25, 0.3) is 0 Å². The van der Waals surface area contributed by atoms with E-state index in [9.17, 15) is 13.2 Å². The van der Waals surface area contributed by atoms with Crippen molar-refractivity contribution in [3.63, 3.8) is 0 Å². The van der Waals surface area contributed by atoms with Crippen LogP contribution in [-0.4, -0.2) is 52.0 Å². The van der Waals surface area contributed by atoms with Crippen molar-refractivity contribution in [1.29, 1.82) is 0 Å². The minimum Gasteiger partial charge on any atom is -0.330 e. The number of benzene rings is 1. The first kappa shape index (κ1) is 16.7. The molecule has 24 heavy (non-hydrogen) atoms. The number of sulfone groups is 1. The fraction of sp³-hybridized carbons (Fsp3) is 0.267. The SMILES string of the molecule is O=C(CSc1ncn[nH]1)N(Cc1ccccc1)[C@@H]1C=CS(=O)(=O)C1. The maximum absolute atomic E-state index is 12.7. The van der Waals surface area contributed by atoms with Gasteiger partial charge < -0.3 is 4.90 Å². The van der Waals surface area contributed by atoms with Crippen molar-refractivity contribution in [2.45, 2.75) is 17.7 Å². The Morgan fingerprint density at radius 3 is 2.75 bits per heavy atom. The average molecular weight is 364 g/mol. The van der Waals surface area contributed by atoms with E-state index in [-0.39, 0.29) is 17.4 Å². The third-order valence-electron chi connectivity index (χ3n) is 3.55. The van der Waals surface area contributed by atoms with Gasteiger partial charge in [-0.25, -0.2) is 13.4 Å². The molecular formula is C15H16N4O3S2. The molecule has 0 aliphatic carbocycles. The van der Waals surface area contributed by atoms with Crippen molar-refractivity contribution < 1.29 is 13.2 Å². The minimum atomic E-state index is -3.23. The van der Waals surface area contributed by atoms with Gasteiger partial charge in [0.1, 0.15) is 6.33 Å². The van der Waals surface area contributed by atoms with Gasteiger partial charge in [-0.15, -0.1) is 0 Å². The Balaban J connectivity index is 1.73. The molecule has 126 valence electrons. The number of H-pyrrole nitrogens is 1. The summed E-state index contributed by atoms with van der Waals surface area (Å²) >= 11 is 1.24. The lowest BCUT2D eigenvalue weighted by Crippen LogP contribution is -2.41. The normalized spacial score (nSPS) is 18.6. The number of nitrogens with zero attached hydrogens (tertiary/aromatic N) is 3. The summed E-state index contributed by atoms with van der Waals surface area (Å²) in [6.45, 7) is 0.362. The molecule has 1 aliphatic rings. The van der Waals surface area contributed by atoms with Crippen LogP contribution in [0, 0.1) is 0 Å². The number of aromatic amines is 1. The number of amides is 1. The van der Waals surface area contributed by atoms with Crippen LogP contribution in [0.5, 0.6) is 0 Å². The molecule has 0 bridgehead atoms. The fourth-order valence-electron chi connectivity index (χ4n) is 2.40. The summed E-state index contributed by atoms with van der Waals surface area (Å²) in [5.74, 6) is -0.0580. The van der Waals surface area contributed by atoms with Gasteiger partial charge in [-0.3, -0.25) is 9.89 Å². The Morgan fingerprint density at radius 2 is 2.12 bits per heavy atom. The van der Waals surface area contributed by atoms with Crippen LogP contribution in [0.1, 0.15) is 5.56 Å². The maximum Gasteiger partial charge on any atom is 0.233 e. The Kier molecular flexibility index (Phi) is 5.00. The van der Waals surface area contributed by atoms with Crippen LogP contribution in [-0.2, 0) is 21.2 Å². The molecule has 2 heterocycles. The van der Waals surface area contributed by atoms with Gasteiger partial charge in [0.05, 0.1) is 17.5 Å². The van der Waals surface area contributed by atoms with Gasteiger partial charge in [-0.05, 0) is 11.6 Å². The highest BCUT2D eigenvalue weighted by Gasteiger charge is 2.30. The van der Waals surface area contributed by atoms with Gasteiger partial charge in [0.25, 0.3) is 0 Å². The average Bonchev–Trinajstić information content (AvgIpc) is 3.20. The Hall–Kier alpha value is -2.13. The van der Waals surface area contributed by atoms with Crippen molar-refractivity contribution in [2.75, 3.05) is 11.5 Å². The second-order valence-corrected chi connectivity index (χ2v) is 8.21. The number of carbonyl (C=O) groups excluding carboxylic acids is 1. The van der Waals surface area contributed by atoms with Crippen molar-refractivity contribution in [1.82, 2.24) is 20.1 Å². The second-order valence-electron chi connectivity index (χ2n) is 5.31. The molecule has 0 saturated heterocycles. The van der Waals surface area contributed by atoms with Crippen LogP contribution in [0.4, 0.5) is 0 Å². The lowest BCUT2D eigenvalue weighted by atomic mass is 10.2. The highest BCUT2D eigenvalue weighted by molar-refractivity contribution is 7.99. The Labute approximate surface area is 144 Å². The van der Waals surface area contributed by atoms with Crippen LogP contribution < -0.4 is 0 Å². The molecular weight excluding hydrogens is 348 g/mol. The van der Waals surface area contributed by atoms with Crippen molar-refractivity contribution in [3.8, 4) is 0 Å². The molecule has 3 rings (SSSR count). The molecule has 0 radical (unpaired) electrons. The van der Waals surface area contributed by atoms with Gasteiger partial charge in [-0.1, -0.05) is 42.1 Å². The quantitative estimate of drug-likeness (QED) is 0.775. The molecule has 1 aliphatic heterocycles. The van der Waals surface area contributed by atoms with Crippen LogP contribution in [0.2, 0.25) is 0 Å². The summed E-state index contributed by atoms with van der Waals surface area (Å²) in [6, 6.07) is 9.06. The monoisotopic (exact) mass is 364 g/mol. The van der Waals surface area contributed by atoms with Gasteiger partial charge in [-0.2, -0.15) is 5.10 Å². The number of thioether (sulfide) groups is 1. The fourth-order valence-corrected chi connectivity index (χ4v) is 4.36. The van der Waals surface area contributed by atoms with E-state index < -0.39 is 15.9 Å². The molecule has 1 aromatic carbocycles. The first-order valence-electron chi connectivity index (χ1n) is 7.26. The molecule has 1 amide bonds. The summed E-state index contributed by atoms with van der Waals surface area (Å²) < 4.78 is 23.4. The maximum atomic E-state index is 12.7. The summed E-state index contributed by atoms with van der Waals surface area (Å²) in [6.07, 6.45) is 2.95. The smallest absolute Gasteiger partial charge is 0.233 e. The largest absolute Gasteiger partial charge is 0.330 e. The second kappa shape index (κ2) is 7.18. The molecule has 1 N–H and O–H groups in total. The summed E-state index contributed by atoms with van der Waals surface area (Å²) in [4.78, 5) is 18.2. The zero-order valence-corrected chi connectivity index (χ0v) is 14.3. The molecule has 0 fully saturated rings. The number of aromatic nitrogens is 3. The zero-order valence-electron chi connectivity index (χ0n) is 12.7. The first-order valence-corrected chi connectivity index (χ1v) is 9.96. The van der Waals surface area contributed by atoms with Gasteiger partial charge in [0.2, 0.25) is 5.91 Å². The number of hydrogen-bond donors (Lipinski definition) is 1. The van der Waals surface area contributed by atoms with Crippen LogP contribution in [0.3, 0.4) is 0 Å². The topological polar surface area (TPSA) is 96.0 Å². The first-order chi connectivity index (χ1) is 11.5. The van der Waals surface area contributed by atoms with E-state index in [1.54, 1.807) is 11.0 Å².